The lowest BCUT2D eigenvalue weighted by Crippen LogP contribution is -2.01. The van der Waals surface area contributed by atoms with Crippen LogP contribution in [0.2, 0.25) is 0 Å². The van der Waals surface area contributed by atoms with E-state index >= 15 is 0 Å². The maximum absolute atomic E-state index is 10.9. The Morgan fingerprint density at radius 3 is 2.62 bits per heavy atom. The van der Waals surface area contributed by atoms with Crippen LogP contribution >= 0.6 is 23.2 Å². The summed E-state index contributed by atoms with van der Waals surface area (Å²) < 4.78 is 25.5. The molecule has 0 amide bonds. The number of nitrogens with zero attached hydrogens (tertiary/aromatic N) is 1. The highest BCUT2D eigenvalue weighted by Gasteiger charge is 2.27. The molecule has 13 heavy (non-hydrogen) atoms. The summed E-state index contributed by atoms with van der Waals surface area (Å²) in [5, 5.41) is 12.5. The molecule has 0 N–H and O–H groups in total. The fourth-order valence-electron chi connectivity index (χ4n) is 0.633. The van der Waals surface area contributed by atoms with Gasteiger partial charge in [-0.25, -0.2) is 0 Å². The molecule has 0 aromatic carbocycles. The van der Waals surface area contributed by atoms with Crippen LogP contribution in [0, 0.1) is 10.1 Å². The molecule has 0 aliphatic rings. The zero-order valence-corrected chi connectivity index (χ0v) is 8.23. The predicted molar refractivity (Wildman–Crippen MR) is 45.1 cm³/mol. The summed E-state index contributed by atoms with van der Waals surface area (Å²) in [6.45, 7) is 0. The predicted octanol–water partition coefficient (Wildman–Crippen LogP) is 1.52. The molecule has 0 unspecified atom stereocenters. The average molecular weight is 244 g/mol. The first kappa shape index (κ1) is 10.4. The van der Waals surface area contributed by atoms with Crippen LogP contribution in [0.25, 0.3) is 0 Å². The molecule has 1 aromatic rings. The molecule has 0 atom stereocenters. The van der Waals surface area contributed by atoms with Crippen molar-refractivity contribution in [1.29, 1.82) is 0 Å². The first-order chi connectivity index (χ1) is 5.99. The third kappa shape index (κ3) is 1.97. The summed E-state index contributed by atoms with van der Waals surface area (Å²) in [5.74, 6) is 0. The molecular formula is C4H2ClNO5S2. The van der Waals surface area contributed by atoms with Crippen LogP contribution in [-0.2, 0) is 13.9 Å². The van der Waals surface area contributed by atoms with Gasteiger partial charge in [0.2, 0.25) is 0 Å². The Hall–Kier alpha value is -0.700. The smallest absolute Gasteiger partial charge is 0.258 e. The molecule has 1 heterocycles. The summed E-state index contributed by atoms with van der Waals surface area (Å²) >= 11 is 5.53. The van der Waals surface area contributed by atoms with Crippen molar-refractivity contribution in [2.24, 2.45) is 0 Å². The summed E-state index contributed by atoms with van der Waals surface area (Å²) in [7, 11) is -4.20. The zero-order chi connectivity index (χ0) is 10.1. The van der Waals surface area contributed by atoms with Gasteiger partial charge in [0.15, 0.2) is 4.90 Å². The second-order valence-corrected chi connectivity index (χ2v) is 4.49. The highest BCUT2D eigenvalue weighted by Crippen LogP contribution is 2.29. The molecule has 6 nitrogen and oxygen atoms in total. The number of rotatable bonds is 3. The van der Waals surface area contributed by atoms with Gasteiger partial charge in [-0.15, -0.1) is 11.3 Å². The molecule has 9 heteroatoms. The fraction of sp³-hybridized carbons (Fsp3) is 0. The van der Waals surface area contributed by atoms with Crippen molar-refractivity contribution in [3.63, 3.8) is 0 Å². The van der Waals surface area contributed by atoms with Crippen LogP contribution in [-0.4, -0.2) is 13.3 Å². The van der Waals surface area contributed by atoms with Gasteiger partial charge in [0.1, 0.15) is 0 Å². The molecule has 0 radical (unpaired) electrons. The minimum atomic E-state index is -4.20. The molecule has 0 bridgehead atoms. The number of hydrogen-bond donors (Lipinski definition) is 0. The van der Waals surface area contributed by atoms with Gasteiger partial charge >= 0.3 is 15.8 Å². The van der Waals surface area contributed by atoms with Gasteiger partial charge in [-0.05, 0) is 0 Å². The maximum atomic E-state index is 10.9. The van der Waals surface area contributed by atoms with E-state index in [1.54, 1.807) is 0 Å². The highest BCUT2D eigenvalue weighted by atomic mass is 35.5. The quantitative estimate of drug-likeness (QED) is 0.593. The third-order valence-corrected chi connectivity index (χ3v) is 3.57. The van der Waals surface area contributed by atoms with Crippen LogP contribution in [0.5, 0.6) is 0 Å². The Balaban J connectivity index is 3.31. The van der Waals surface area contributed by atoms with Crippen molar-refractivity contribution in [2.75, 3.05) is 0 Å². The van der Waals surface area contributed by atoms with Gasteiger partial charge in [0, 0.05) is 5.38 Å². The molecule has 0 saturated carbocycles. The normalized spacial score (nSPS) is 11.5. The molecule has 0 aliphatic carbocycles. The molecule has 0 saturated heterocycles. The van der Waals surface area contributed by atoms with Crippen LogP contribution < -0.4 is 0 Å². The molecule has 0 spiro atoms. The van der Waals surface area contributed by atoms with Crippen molar-refractivity contribution < 1.29 is 17.1 Å². The molecule has 72 valence electrons. The van der Waals surface area contributed by atoms with E-state index in [1.807, 2.05) is 0 Å². The van der Waals surface area contributed by atoms with Crippen molar-refractivity contribution in [3.05, 3.63) is 20.9 Å². The van der Waals surface area contributed by atoms with E-state index in [2.05, 4.69) is 15.6 Å². The van der Waals surface area contributed by atoms with Crippen molar-refractivity contribution in [1.82, 2.24) is 0 Å². The minimum absolute atomic E-state index is 0.530. The Labute approximate surface area is 82.1 Å². The Bertz CT molecular complexity index is 423. The van der Waals surface area contributed by atoms with E-state index in [0.29, 0.717) is 0 Å². The van der Waals surface area contributed by atoms with Crippen molar-refractivity contribution in [3.8, 4) is 0 Å². The monoisotopic (exact) mass is 243 g/mol. The lowest BCUT2D eigenvalue weighted by atomic mass is 10.5. The van der Waals surface area contributed by atoms with E-state index < -0.39 is 25.6 Å². The lowest BCUT2D eigenvalue weighted by molar-refractivity contribution is -0.387. The van der Waals surface area contributed by atoms with E-state index in [1.165, 1.54) is 0 Å². The fourth-order valence-corrected chi connectivity index (χ4v) is 2.66. The van der Waals surface area contributed by atoms with E-state index in [-0.39, 0.29) is 0 Å². The zero-order valence-electron chi connectivity index (χ0n) is 5.84. The van der Waals surface area contributed by atoms with Gasteiger partial charge in [0.25, 0.3) is 0 Å². The summed E-state index contributed by atoms with van der Waals surface area (Å²) in [6, 6.07) is 0. The standard InChI is InChI=1S/C4H2ClNO5S2/c5-11-13(9,10)4-2-12-1-3(4)6(7)8/h1-2H. The van der Waals surface area contributed by atoms with Gasteiger partial charge in [-0.3, -0.25) is 10.1 Å². The van der Waals surface area contributed by atoms with Gasteiger partial charge < -0.3 is 0 Å². The van der Waals surface area contributed by atoms with Gasteiger partial charge in [-0.1, -0.05) is 0 Å². The number of nitro groups is 1. The number of hydrogen-bond acceptors (Lipinski definition) is 6. The molecule has 0 fully saturated rings. The summed E-state index contributed by atoms with van der Waals surface area (Å²) in [6.07, 6.45) is 0. The Morgan fingerprint density at radius 2 is 2.15 bits per heavy atom. The van der Waals surface area contributed by atoms with Crippen molar-refractivity contribution >= 4 is 39.0 Å². The first-order valence-corrected chi connectivity index (χ1v) is 5.41. The van der Waals surface area contributed by atoms with Gasteiger partial charge in [-0.2, -0.15) is 12.2 Å². The second kappa shape index (κ2) is 3.58. The van der Waals surface area contributed by atoms with Crippen LogP contribution in [0.4, 0.5) is 5.69 Å². The third-order valence-electron chi connectivity index (χ3n) is 1.16. The van der Waals surface area contributed by atoms with E-state index in [0.717, 1.165) is 22.1 Å². The molecule has 0 aliphatic heterocycles. The second-order valence-electron chi connectivity index (χ2n) is 1.90. The topological polar surface area (TPSA) is 86.5 Å². The molecule has 1 rings (SSSR count). The minimum Gasteiger partial charge on any atom is -0.258 e. The summed E-state index contributed by atoms with van der Waals surface area (Å²) in [5.41, 5.74) is -0.536. The lowest BCUT2D eigenvalue weighted by Gasteiger charge is -1.93. The first-order valence-electron chi connectivity index (χ1n) is 2.75. The highest BCUT2D eigenvalue weighted by molar-refractivity contribution is 7.87. The SMILES string of the molecule is O=[N+]([O-])c1cscc1S(=O)(=O)OCl. The Morgan fingerprint density at radius 1 is 1.54 bits per heavy atom. The maximum Gasteiger partial charge on any atom is 0.320 e. The molecule has 1 aromatic heterocycles. The largest absolute Gasteiger partial charge is 0.320 e. The number of halogens is 1. The molecular weight excluding hydrogens is 242 g/mol. The van der Waals surface area contributed by atoms with E-state index in [4.69, 9.17) is 0 Å². The van der Waals surface area contributed by atoms with E-state index in [9.17, 15) is 18.5 Å². The van der Waals surface area contributed by atoms with Crippen LogP contribution in [0.15, 0.2) is 15.7 Å². The van der Waals surface area contributed by atoms with Crippen LogP contribution in [0.3, 0.4) is 0 Å². The summed E-state index contributed by atoms with van der Waals surface area (Å²) in [4.78, 5) is 8.94. The van der Waals surface area contributed by atoms with Crippen LogP contribution in [0.1, 0.15) is 0 Å². The van der Waals surface area contributed by atoms with Gasteiger partial charge in [0.05, 0.1) is 22.2 Å². The van der Waals surface area contributed by atoms with Crippen molar-refractivity contribution in [2.45, 2.75) is 4.90 Å². The average Bonchev–Trinajstić information content (AvgIpc) is 2.52. The Kier molecular flexibility index (Phi) is 2.86. The number of thiophene rings is 1.